The van der Waals surface area contributed by atoms with Crippen molar-refractivity contribution in [1.82, 2.24) is 15.3 Å². The number of hydrogen-bond acceptors (Lipinski definition) is 6. The summed E-state index contributed by atoms with van der Waals surface area (Å²) >= 11 is 3.55. The molecule has 2 aromatic rings. The summed E-state index contributed by atoms with van der Waals surface area (Å²) in [6.45, 7) is 2.02. The lowest BCUT2D eigenvalue weighted by atomic mass is 9.94. The summed E-state index contributed by atoms with van der Waals surface area (Å²) in [5.74, 6) is -0.301. The van der Waals surface area contributed by atoms with Crippen molar-refractivity contribution in [3.8, 4) is 5.75 Å². The Morgan fingerprint density at radius 3 is 2.83 bits per heavy atom. The van der Waals surface area contributed by atoms with Crippen molar-refractivity contribution in [3.05, 3.63) is 35.1 Å². The molecule has 2 aromatic heterocycles. The maximum atomic E-state index is 12.2. The molecule has 0 spiro atoms. The van der Waals surface area contributed by atoms with Crippen LogP contribution < -0.4 is 5.32 Å². The summed E-state index contributed by atoms with van der Waals surface area (Å²) in [5, 5.41) is 15.4. The van der Waals surface area contributed by atoms with Crippen LogP contribution in [0, 0.1) is 6.92 Å². The normalized spacial score (nSPS) is 21.1. The van der Waals surface area contributed by atoms with Gasteiger partial charge in [0.25, 0.3) is 5.91 Å². The second-order valence-electron chi connectivity index (χ2n) is 5.71. The summed E-state index contributed by atoms with van der Waals surface area (Å²) < 4.78 is 1.14. The lowest BCUT2D eigenvalue weighted by Crippen LogP contribution is -2.38. The summed E-state index contributed by atoms with van der Waals surface area (Å²) in [5.41, 5.74) is 1.37. The molecular formula is C16H19N3O2S2. The molecule has 1 saturated carbocycles. The first-order valence-corrected chi connectivity index (χ1v) is 9.40. The van der Waals surface area contributed by atoms with E-state index in [4.69, 9.17) is 0 Å². The minimum Gasteiger partial charge on any atom is -0.505 e. The fourth-order valence-corrected chi connectivity index (χ4v) is 4.98. The van der Waals surface area contributed by atoms with Crippen molar-refractivity contribution in [2.24, 2.45) is 0 Å². The molecule has 122 valence electrons. The Morgan fingerprint density at radius 2 is 2.17 bits per heavy atom. The molecule has 0 unspecified atom stereocenters. The number of pyridine rings is 1. The zero-order chi connectivity index (χ0) is 16.2. The Kier molecular flexibility index (Phi) is 5.17. The zero-order valence-electron chi connectivity index (χ0n) is 12.9. The van der Waals surface area contributed by atoms with Gasteiger partial charge in [-0.25, -0.2) is 4.98 Å². The Bertz CT molecular complexity index is 681. The van der Waals surface area contributed by atoms with Crippen LogP contribution in [0.25, 0.3) is 0 Å². The van der Waals surface area contributed by atoms with E-state index in [9.17, 15) is 9.90 Å². The number of nitrogens with zero attached hydrogens (tertiary/aromatic N) is 2. The van der Waals surface area contributed by atoms with E-state index in [0.29, 0.717) is 5.25 Å². The first-order valence-electron chi connectivity index (χ1n) is 7.64. The minimum atomic E-state index is -0.225. The summed E-state index contributed by atoms with van der Waals surface area (Å²) in [7, 11) is 0. The van der Waals surface area contributed by atoms with Gasteiger partial charge in [0.1, 0.15) is 10.1 Å². The van der Waals surface area contributed by atoms with Gasteiger partial charge in [0.05, 0.1) is 11.8 Å². The summed E-state index contributed by atoms with van der Waals surface area (Å²) in [4.78, 5) is 20.5. The number of thioether (sulfide) groups is 1. The highest BCUT2D eigenvalue weighted by atomic mass is 32.2. The molecule has 2 N–H and O–H groups in total. The van der Waals surface area contributed by atoms with E-state index in [1.807, 2.05) is 18.7 Å². The van der Waals surface area contributed by atoms with E-state index in [2.05, 4.69) is 20.7 Å². The third-order valence-corrected chi connectivity index (χ3v) is 6.35. The number of aromatic hydroxyl groups is 1. The lowest BCUT2D eigenvalue weighted by molar-refractivity contribution is 0.0925. The van der Waals surface area contributed by atoms with Gasteiger partial charge in [-0.3, -0.25) is 9.78 Å². The first kappa shape index (κ1) is 16.3. The topological polar surface area (TPSA) is 75.1 Å². The van der Waals surface area contributed by atoms with E-state index in [0.717, 1.165) is 35.7 Å². The second-order valence-corrected chi connectivity index (χ2v) is 8.12. The van der Waals surface area contributed by atoms with Crippen molar-refractivity contribution >= 4 is 29.0 Å². The third-order valence-electron chi connectivity index (χ3n) is 3.92. The van der Waals surface area contributed by atoms with E-state index in [1.54, 1.807) is 11.3 Å². The number of carbonyl (C=O) groups excluding carboxylic acids is 1. The Balaban J connectivity index is 1.49. The van der Waals surface area contributed by atoms with E-state index in [-0.39, 0.29) is 23.3 Å². The molecule has 0 aliphatic heterocycles. The number of nitrogens with one attached hydrogen (secondary N) is 1. The molecule has 1 amide bonds. The molecule has 1 aliphatic carbocycles. The van der Waals surface area contributed by atoms with E-state index in [1.165, 1.54) is 18.5 Å². The molecule has 0 bridgehead atoms. The maximum Gasteiger partial charge on any atom is 0.255 e. The molecule has 5 nitrogen and oxygen atoms in total. The molecule has 0 aromatic carbocycles. The molecule has 2 heterocycles. The molecular weight excluding hydrogens is 330 g/mol. The van der Waals surface area contributed by atoms with E-state index >= 15 is 0 Å². The molecule has 7 heteroatoms. The predicted molar refractivity (Wildman–Crippen MR) is 92.1 cm³/mol. The first-order chi connectivity index (χ1) is 11.1. The van der Waals surface area contributed by atoms with Crippen LogP contribution in [0.1, 0.15) is 41.7 Å². The molecule has 0 radical (unpaired) electrons. The van der Waals surface area contributed by atoms with Crippen LogP contribution in [-0.2, 0) is 0 Å². The van der Waals surface area contributed by atoms with Gasteiger partial charge >= 0.3 is 0 Å². The number of rotatable bonds is 4. The van der Waals surface area contributed by atoms with Crippen LogP contribution in [0.4, 0.5) is 0 Å². The third kappa shape index (κ3) is 4.23. The molecule has 0 saturated heterocycles. The van der Waals surface area contributed by atoms with Crippen molar-refractivity contribution < 1.29 is 9.90 Å². The van der Waals surface area contributed by atoms with E-state index < -0.39 is 0 Å². The van der Waals surface area contributed by atoms with Crippen molar-refractivity contribution in [2.45, 2.75) is 48.2 Å². The van der Waals surface area contributed by atoms with Crippen LogP contribution in [0.15, 0.2) is 28.2 Å². The molecule has 3 rings (SSSR count). The van der Waals surface area contributed by atoms with Gasteiger partial charge in [-0.1, -0.05) is 11.8 Å². The zero-order valence-corrected chi connectivity index (χ0v) is 14.5. The minimum absolute atomic E-state index is 0.0756. The van der Waals surface area contributed by atoms with Crippen LogP contribution in [-0.4, -0.2) is 32.3 Å². The molecule has 0 atom stereocenters. The van der Waals surface area contributed by atoms with Gasteiger partial charge in [-0.15, -0.1) is 11.3 Å². The molecule has 1 aliphatic rings. The smallest absolute Gasteiger partial charge is 0.255 e. The highest BCUT2D eigenvalue weighted by Gasteiger charge is 2.24. The van der Waals surface area contributed by atoms with Crippen LogP contribution in [0.2, 0.25) is 0 Å². The summed E-state index contributed by atoms with van der Waals surface area (Å²) in [6.07, 6.45) is 6.85. The lowest BCUT2D eigenvalue weighted by Gasteiger charge is -2.28. The second kappa shape index (κ2) is 7.31. The van der Waals surface area contributed by atoms with Gasteiger partial charge in [-0.05, 0) is 38.7 Å². The number of amides is 1. The van der Waals surface area contributed by atoms with Gasteiger partial charge in [0.2, 0.25) is 0 Å². The fourth-order valence-electron chi connectivity index (χ4n) is 2.70. The highest BCUT2D eigenvalue weighted by molar-refractivity contribution is 8.01. The largest absolute Gasteiger partial charge is 0.505 e. The van der Waals surface area contributed by atoms with Crippen molar-refractivity contribution in [2.75, 3.05) is 0 Å². The fraction of sp³-hybridized carbons (Fsp3) is 0.438. The summed E-state index contributed by atoms with van der Waals surface area (Å²) in [6, 6.07) is 1.71. The average Bonchev–Trinajstić information content (AvgIpc) is 2.95. The van der Waals surface area contributed by atoms with Crippen molar-refractivity contribution in [3.63, 3.8) is 0 Å². The number of carbonyl (C=O) groups is 1. The van der Waals surface area contributed by atoms with Crippen LogP contribution in [0.3, 0.4) is 0 Å². The number of hydrogen-bond donors (Lipinski definition) is 2. The van der Waals surface area contributed by atoms with Gasteiger partial charge in [-0.2, -0.15) is 0 Å². The average molecular weight is 349 g/mol. The molecule has 1 fully saturated rings. The Morgan fingerprint density at radius 1 is 1.39 bits per heavy atom. The SMILES string of the molecule is Cc1csc(SC2CCC(NC(=O)c3ccncc3O)CC2)n1. The number of aromatic nitrogens is 2. The van der Waals surface area contributed by atoms with Gasteiger partial charge in [0.15, 0.2) is 0 Å². The Labute approximate surface area is 143 Å². The standard InChI is InChI=1S/C16H19N3O2S2/c1-10-9-22-16(18-10)23-12-4-2-11(3-5-12)19-15(21)13-6-7-17-8-14(13)20/h6-9,11-12,20H,2-5H2,1H3,(H,19,21). The highest BCUT2D eigenvalue weighted by Crippen LogP contribution is 2.35. The number of aryl methyl sites for hydroxylation is 1. The van der Waals surface area contributed by atoms with Gasteiger partial charge in [0, 0.05) is 28.6 Å². The maximum absolute atomic E-state index is 12.2. The van der Waals surface area contributed by atoms with Gasteiger partial charge < -0.3 is 10.4 Å². The monoisotopic (exact) mass is 349 g/mol. The Hall–Kier alpha value is -1.60. The van der Waals surface area contributed by atoms with Crippen LogP contribution >= 0.6 is 23.1 Å². The predicted octanol–water partition coefficient (Wildman–Crippen LogP) is 3.39. The quantitative estimate of drug-likeness (QED) is 0.885. The number of thiazole rings is 1. The van der Waals surface area contributed by atoms with Crippen molar-refractivity contribution in [1.29, 1.82) is 0 Å². The molecule has 23 heavy (non-hydrogen) atoms. The van der Waals surface area contributed by atoms with Crippen LogP contribution in [0.5, 0.6) is 5.75 Å².